The second-order valence-electron chi connectivity index (χ2n) is 4.38. The number of carboxylic acids is 2. The third-order valence-electron chi connectivity index (χ3n) is 2.67. The van der Waals surface area contributed by atoms with Gasteiger partial charge in [-0.25, -0.2) is 9.59 Å². The number of ether oxygens (including phenoxy) is 1. The Morgan fingerprint density at radius 1 is 1.23 bits per heavy atom. The van der Waals surface area contributed by atoms with Crippen molar-refractivity contribution in [3.05, 3.63) is 42.0 Å². The predicted molar refractivity (Wildman–Crippen MR) is 77.5 cm³/mol. The van der Waals surface area contributed by atoms with E-state index in [-0.39, 0.29) is 6.10 Å². The van der Waals surface area contributed by atoms with E-state index in [0.717, 1.165) is 25.3 Å². The van der Waals surface area contributed by atoms with Gasteiger partial charge in [0, 0.05) is 18.7 Å². The Hall–Kier alpha value is -2.85. The van der Waals surface area contributed by atoms with Crippen LogP contribution in [-0.4, -0.2) is 41.3 Å². The van der Waals surface area contributed by atoms with E-state index in [9.17, 15) is 9.59 Å². The van der Waals surface area contributed by atoms with Crippen molar-refractivity contribution in [2.45, 2.75) is 12.5 Å². The van der Waals surface area contributed by atoms with Gasteiger partial charge < -0.3 is 20.3 Å². The fourth-order valence-corrected chi connectivity index (χ4v) is 1.67. The molecule has 0 amide bonds. The van der Waals surface area contributed by atoms with Gasteiger partial charge in [0.25, 0.3) is 0 Å². The largest absolute Gasteiger partial charge is 0.489 e. The summed E-state index contributed by atoms with van der Waals surface area (Å²) >= 11 is 0. The van der Waals surface area contributed by atoms with Gasteiger partial charge in [-0.1, -0.05) is 0 Å². The average molecular weight is 304 g/mol. The highest BCUT2D eigenvalue weighted by atomic mass is 16.5. The van der Waals surface area contributed by atoms with E-state index in [1.165, 1.54) is 0 Å². The molecule has 1 aliphatic heterocycles. The maximum atomic E-state index is 9.55. The monoisotopic (exact) mass is 304 g/mol. The summed E-state index contributed by atoms with van der Waals surface area (Å²) in [6.45, 7) is 1.95. The molecule has 1 heterocycles. The molecular formula is C15H16N2O5. The van der Waals surface area contributed by atoms with Gasteiger partial charge in [-0.2, -0.15) is 5.26 Å². The van der Waals surface area contributed by atoms with Crippen molar-refractivity contribution in [1.82, 2.24) is 5.32 Å². The summed E-state index contributed by atoms with van der Waals surface area (Å²) in [5.41, 5.74) is 0.668. The van der Waals surface area contributed by atoms with Crippen LogP contribution in [0.2, 0.25) is 0 Å². The summed E-state index contributed by atoms with van der Waals surface area (Å²) in [5.74, 6) is -1.67. The summed E-state index contributed by atoms with van der Waals surface area (Å²) in [6.07, 6.45) is 2.45. The molecule has 0 radical (unpaired) electrons. The number of benzene rings is 1. The Morgan fingerprint density at radius 3 is 2.23 bits per heavy atom. The van der Waals surface area contributed by atoms with Crippen LogP contribution in [-0.2, 0) is 9.59 Å². The summed E-state index contributed by atoms with van der Waals surface area (Å²) < 4.78 is 5.70. The van der Waals surface area contributed by atoms with Crippen LogP contribution in [0.3, 0.4) is 0 Å². The fraction of sp³-hybridized carbons (Fsp3) is 0.267. The van der Waals surface area contributed by atoms with Crippen LogP contribution in [0.4, 0.5) is 0 Å². The second-order valence-corrected chi connectivity index (χ2v) is 4.38. The molecule has 1 aliphatic rings. The number of aliphatic carboxylic acids is 2. The molecule has 1 saturated heterocycles. The Bertz CT molecular complexity index is 553. The minimum atomic E-state index is -1.26. The Labute approximate surface area is 127 Å². The molecule has 22 heavy (non-hydrogen) atoms. The van der Waals surface area contributed by atoms with Gasteiger partial charge in [-0.05, 0) is 37.2 Å². The van der Waals surface area contributed by atoms with Gasteiger partial charge in [0.1, 0.15) is 11.9 Å². The zero-order chi connectivity index (χ0) is 16.4. The van der Waals surface area contributed by atoms with E-state index in [0.29, 0.717) is 17.7 Å². The lowest BCUT2D eigenvalue weighted by molar-refractivity contribution is -0.134. The van der Waals surface area contributed by atoms with Gasteiger partial charge in [0.05, 0.1) is 11.6 Å². The van der Waals surface area contributed by atoms with Crippen molar-refractivity contribution in [2.75, 3.05) is 13.1 Å². The maximum Gasteiger partial charge on any atom is 0.328 e. The zero-order valence-electron chi connectivity index (χ0n) is 11.7. The van der Waals surface area contributed by atoms with Crippen LogP contribution >= 0.6 is 0 Å². The first-order valence-electron chi connectivity index (χ1n) is 6.52. The SMILES string of the molecule is N#Cc1ccc(O[C@@H]2CCNC2)cc1.O=C(O)/C=C\C(=O)O. The quantitative estimate of drug-likeness (QED) is 0.710. The van der Waals surface area contributed by atoms with E-state index in [1.807, 2.05) is 12.1 Å². The lowest BCUT2D eigenvalue weighted by atomic mass is 10.2. The first-order chi connectivity index (χ1) is 10.5. The first kappa shape index (κ1) is 17.2. The second kappa shape index (κ2) is 9.15. The van der Waals surface area contributed by atoms with E-state index < -0.39 is 11.9 Å². The van der Waals surface area contributed by atoms with Crippen molar-refractivity contribution in [3.8, 4) is 11.8 Å². The molecule has 3 N–H and O–H groups in total. The fourth-order valence-electron chi connectivity index (χ4n) is 1.67. The molecule has 1 fully saturated rings. The smallest absolute Gasteiger partial charge is 0.328 e. The van der Waals surface area contributed by atoms with E-state index in [2.05, 4.69) is 11.4 Å². The first-order valence-corrected chi connectivity index (χ1v) is 6.52. The van der Waals surface area contributed by atoms with E-state index in [1.54, 1.807) is 12.1 Å². The molecule has 0 saturated carbocycles. The molecule has 1 aromatic carbocycles. The number of hydrogen-bond acceptors (Lipinski definition) is 5. The lowest BCUT2D eigenvalue weighted by Gasteiger charge is -2.11. The number of hydrogen-bond donors (Lipinski definition) is 3. The molecule has 116 valence electrons. The maximum absolute atomic E-state index is 9.55. The number of nitriles is 1. The van der Waals surface area contributed by atoms with E-state index in [4.69, 9.17) is 20.2 Å². The van der Waals surface area contributed by atoms with Crippen LogP contribution in [0.5, 0.6) is 5.75 Å². The van der Waals surface area contributed by atoms with Crippen molar-refractivity contribution in [1.29, 1.82) is 5.26 Å². The van der Waals surface area contributed by atoms with Gasteiger partial charge in [-0.3, -0.25) is 0 Å². The van der Waals surface area contributed by atoms with Gasteiger partial charge in [-0.15, -0.1) is 0 Å². The topological polar surface area (TPSA) is 120 Å². The van der Waals surface area contributed by atoms with Crippen LogP contribution in [0.25, 0.3) is 0 Å². The van der Waals surface area contributed by atoms with Crippen molar-refractivity contribution < 1.29 is 24.5 Å². The van der Waals surface area contributed by atoms with Crippen molar-refractivity contribution in [2.24, 2.45) is 0 Å². The molecule has 7 nitrogen and oxygen atoms in total. The number of carboxylic acid groups (broad SMARTS) is 2. The molecule has 2 rings (SSSR count). The minimum absolute atomic E-state index is 0.280. The van der Waals surface area contributed by atoms with Crippen LogP contribution in [0.15, 0.2) is 36.4 Å². The third kappa shape index (κ3) is 7.07. The normalized spacial score (nSPS) is 16.4. The highest BCUT2D eigenvalue weighted by Crippen LogP contribution is 2.15. The summed E-state index contributed by atoms with van der Waals surface area (Å²) in [4.78, 5) is 19.1. The van der Waals surface area contributed by atoms with Gasteiger partial charge in [0.2, 0.25) is 0 Å². The molecule has 0 spiro atoms. The average Bonchev–Trinajstić information content (AvgIpc) is 2.99. The highest BCUT2D eigenvalue weighted by molar-refractivity contribution is 5.89. The third-order valence-corrected chi connectivity index (χ3v) is 2.67. The number of nitrogens with one attached hydrogen (secondary N) is 1. The number of carbonyl (C=O) groups is 2. The summed E-state index contributed by atoms with van der Waals surface area (Å²) in [7, 11) is 0. The molecule has 1 atom stereocenters. The standard InChI is InChI=1S/C11H12N2O.C4H4O4/c12-7-9-1-3-10(4-2-9)14-11-5-6-13-8-11;5-3(6)1-2-4(7)8/h1-4,11,13H,5-6,8H2;1-2H,(H,5,6)(H,7,8)/b;2-1-/t11-;/m1./s1. The summed E-state index contributed by atoms with van der Waals surface area (Å²) in [6, 6.07) is 9.32. The molecule has 0 aliphatic carbocycles. The van der Waals surface area contributed by atoms with E-state index >= 15 is 0 Å². The molecule has 0 unspecified atom stereocenters. The molecule has 0 aromatic heterocycles. The van der Waals surface area contributed by atoms with Crippen molar-refractivity contribution in [3.63, 3.8) is 0 Å². The van der Waals surface area contributed by atoms with Crippen LogP contribution in [0, 0.1) is 11.3 Å². The highest BCUT2D eigenvalue weighted by Gasteiger charge is 2.15. The minimum Gasteiger partial charge on any atom is -0.489 e. The summed E-state index contributed by atoms with van der Waals surface area (Å²) in [5, 5.41) is 27.5. The Balaban J connectivity index is 0.000000261. The number of rotatable bonds is 4. The molecule has 7 heteroatoms. The van der Waals surface area contributed by atoms with Gasteiger partial charge in [0.15, 0.2) is 0 Å². The van der Waals surface area contributed by atoms with Crippen LogP contribution in [0.1, 0.15) is 12.0 Å². The predicted octanol–water partition coefficient (Wildman–Crippen LogP) is 1.01. The van der Waals surface area contributed by atoms with Crippen molar-refractivity contribution >= 4 is 11.9 Å². The molecular weight excluding hydrogens is 288 g/mol. The molecule has 0 bridgehead atoms. The Kier molecular flexibility index (Phi) is 7.16. The Morgan fingerprint density at radius 2 is 1.82 bits per heavy atom. The van der Waals surface area contributed by atoms with Crippen LogP contribution < -0.4 is 10.1 Å². The number of nitrogens with zero attached hydrogens (tertiary/aromatic N) is 1. The zero-order valence-corrected chi connectivity index (χ0v) is 11.7. The molecule has 1 aromatic rings. The van der Waals surface area contributed by atoms with Gasteiger partial charge >= 0.3 is 11.9 Å². The lowest BCUT2D eigenvalue weighted by Crippen LogP contribution is -2.19.